The van der Waals surface area contributed by atoms with Crippen molar-refractivity contribution in [2.45, 2.75) is 51.6 Å². The largest absolute Gasteiger partial charge is 0.347 e. The fourth-order valence-corrected chi connectivity index (χ4v) is 2.18. The molecule has 0 aromatic carbocycles. The van der Waals surface area contributed by atoms with E-state index in [1.807, 2.05) is 6.92 Å². The van der Waals surface area contributed by atoms with Gasteiger partial charge in [-0.3, -0.25) is 4.79 Å². The zero-order valence-electron chi connectivity index (χ0n) is 10.4. The summed E-state index contributed by atoms with van der Waals surface area (Å²) in [7, 11) is 3.61. The maximum absolute atomic E-state index is 11.6. The number of nitrogens with one attached hydrogen (secondary N) is 1. The van der Waals surface area contributed by atoms with Gasteiger partial charge in [-0.15, -0.1) is 0 Å². The molecule has 1 unspecified atom stereocenters. The molecule has 1 aliphatic carbocycles. The van der Waals surface area contributed by atoms with Gasteiger partial charge in [0.2, 0.25) is 5.91 Å². The second-order valence-corrected chi connectivity index (χ2v) is 5.05. The van der Waals surface area contributed by atoms with Gasteiger partial charge in [0, 0.05) is 20.1 Å². The normalized spacial score (nSPS) is 20.5. The summed E-state index contributed by atoms with van der Waals surface area (Å²) in [6, 6.07) is 0.393. The highest BCUT2D eigenvalue weighted by atomic mass is 16.2. The molecule has 0 aliphatic heterocycles. The van der Waals surface area contributed by atoms with Crippen LogP contribution in [-0.2, 0) is 4.79 Å². The fraction of sp³-hybridized carbons (Fsp3) is 0.917. The number of rotatable bonds is 5. The summed E-state index contributed by atoms with van der Waals surface area (Å²) >= 11 is 0. The van der Waals surface area contributed by atoms with E-state index in [0.717, 1.165) is 5.92 Å². The molecular formula is C12H24N2O. The maximum Gasteiger partial charge on any atom is 0.238 e. The average molecular weight is 212 g/mol. The van der Waals surface area contributed by atoms with Crippen molar-refractivity contribution in [3.05, 3.63) is 0 Å². The number of amides is 1. The van der Waals surface area contributed by atoms with Crippen molar-refractivity contribution in [2.75, 3.05) is 14.1 Å². The Balaban J connectivity index is 2.23. The maximum atomic E-state index is 11.6. The lowest BCUT2D eigenvalue weighted by Crippen LogP contribution is -2.45. The third-order valence-corrected chi connectivity index (χ3v) is 3.26. The highest BCUT2D eigenvalue weighted by Gasteiger charge is 2.22. The van der Waals surface area contributed by atoms with E-state index in [-0.39, 0.29) is 11.9 Å². The number of carbonyl (C=O) groups is 1. The zero-order chi connectivity index (χ0) is 11.4. The predicted molar refractivity (Wildman–Crippen MR) is 62.7 cm³/mol. The van der Waals surface area contributed by atoms with Gasteiger partial charge < -0.3 is 10.2 Å². The van der Waals surface area contributed by atoms with E-state index in [1.165, 1.54) is 25.7 Å². The van der Waals surface area contributed by atoms with Crippen LogP contribution in [0.3, 0.4) is 0 Å². The molecule has 1 rings (SSSR count). The van der Waals surface area contributed by atoms with Gasteiger partial charge in [-0.25, -0.2) is 0 Å². The van der Waals surface area contributed by atoms with Crippen molar-refractivity contribution < 1.29 is 4.79 Å². The third kappa shape index (κ3) is 3.82. The minimum Gasteiger partial charge on any atom is -0.347 e. The van der Waals surface area contributed by atoms with Crippen LogP contribution in [0.15, 0.2) is 0 Å². The van der Waals surface area contributed by atoms with E-state index in [1.54, 1.807) is 19.0 Å². The first-order valence-corrected chi connectivity index (χ1v) is 5.98. The van der Waals surface area contributed by atoms with Gasteiger partial charge >= 0.3 is 0 Å². The predicted octanol–water partition coefficient (Wildman–Crippen LogP) is 1.63. The van der Waals surface area contributed by atoms with Crippen molar-refractivity contribution in [3.8, 4) is 0 Å². The second-order valence-electron chi connectivity index (χ2n) is 5.05. The molecular weight excluding hydrogens is 188 g/mol. The van der Waals surface area contributed by atoms with Crippen LogP contribution in [0.1, 0.15) is 39.5 Å². The van der Waals surface area contributed by atoms with E-state index < -0.39 is 0 Å². The molecule has 0 bridgehead atoms. The minimum absolute atomic E-state index is 0.0601. The number of hydrogen-bond donors (Lipinski definition) is 1. The molecule has 0 spiro atoms. The molecule has 2 atom stereocenters. The van der Waals surface area contributed by atoms with Crippen molar-refractivity contribution in [3.63, 3.8) is 0 Å². The highest BCUT2D eigenvalue weighted by molar-refractivity contribution is 5.80. The number of likely N-dealkylation sites (N-methyl/N-ethyl adjacent to an activating group) is 1. The summed E-state index contributed by atoms with van der Waals surface area (Å²) in [6.45, 7) is 4.12. The summed E-state index contributed by atoms with van der Waals surface area (Å²) in [5.74, 6) is 1.06. The van der Waals surface area contributed by atoms with Gasteiger partial charge in [-0.1, -0.05) is 19.3 Å². The zero-order valence-corrected chi connectivity index (χ0v) is 10.4. The lowest BCUT2D eigenvalue weighted by Gasteiger charge is -2.30. The number of nitrogens with zero attached hydrogens (tertiary/aromatic N) is 1. The van der Waals surface area contributed by atoms with Crippen molar-refractivity contribution in [1.29, 1.82) is 0 Å². The first-order valence-electron chi connectivity index (χ1n) is 5.98. The molecule has 3 nitrogen and oxygen atoms in total. The first-order chi connectivity index (χ1) is 7.00. The van der Waals surface area contributed by atoms with Crippen LogP contribution in [0, 0.1) is 5.92 Å². The third-order valence-electron chi connectivity index (χ3n) is 3.26. The van der Waals surface area contributed by atoms with Gasteiger partial charge in [0.05, 0.1) is 6.04 Å². The van der Waals surface area contributed by atoms with Crippen LogP contribution in [-0.4, -0.2) is 37.0 Å². The van der Waals surface area contributed by atoms with E-state index in [4.69, 9.17) is 0 Å². The first kappa shape index (κ1) is 12.5. The second kappa shape index (κ2) is 5.50. The molecule has 0 aromatic rings. The van der Waals surface area contributed by atoms with Crippen molar-refractivity contribution in [2.24, 2.45) is 5.92 Å². The average Bonchev–Trinajstić information content (AvgIpc) is 2.09. The summed E-state index contributed by atoms with van der Waals surface area (Å²) in [5, 5.41) is 3.37. The van der Waals surface area contributed by atoms with Gasteiger partial charge in [0.25, 0.3) is 0 Å². The molecule has 88 valence electrons. The standard InChI is InChI=1S/C12H24N2O/c1-9(8-11-6-5-7-11)13-10(2)12(15)14(3)4/h9-11,13H,5-8H2,1-4H3/t9?,10-/m1/s1. The fourth-order valence-electron chi connectivity index (χ4n) is 2.18. The van der Waals surface area contributed by atoms with Crippen molar-refractivity contribution in [1.82, 2.24) is 10.2 Å². The molecule has 0 aromatic heterocycles. The molecule has 1 fully saturated rings. The van der Waals surface area contributed by atoms with E-state index in [0.29, 0.717) is 6.04 Å². The summed E-state index contributed by atoms with van der Waals surface area (Å²) in [4.78, 5) is 13.3. The smallest absolute Gasteiger partial charge is 0.238 e. The summed E-state index contributed by atoms with van der Waals surface area (Å²) in [5.41, 5.74) is 0. The molecule has 1 aliphatic rings. The summed E-state index contributed by atoms with van der Waals surface area (Å²) < 4.78 is 0. The Hall–Kier alpha value is -0.570. The Labute approximate surface area is 93.2 Å². The Morgan fingerprint density at radius 3 is 2.40 bits per heavy atom. The van der Waals surface area contributed by atoms with Crippen LogP contribution in [0.4, 0.5) is 0 Å². The molecule has 1 amide bonds. The molecule has 1 saturated carbocycles. The van der Waals surface area contributed by atoms with Gasteiger partial charge in [0.1, 0.15) is 0 Å². The quantitative estimate of drug-likeness (QED) is 0.751. The van der Waals surface area contributed by atoms with E-state index in [2.05, 4.69) is 12.2 Å². The van der Waals surface area contributed by atoms with Gasteiger partial charge in [-0.2, -0.15) is 0 Å². The number of carbonyl (C=O) groups excluding carboxylic acids is 1. The molecule has 15 heavy (non-hydrogen) atoms. The van der Waals surface area contributed by atoms with Gasteiger partial charge in [0.15, 0.2) is 0 Å². The Bertz CT molecular complexity index is 212. The molecule has 1 N–H and O–H groups in total. The minimum atomic E-state index is -0.0601. The van der Waals surface area contributed by atoms with Crippen LogP contribution in [0.5, 0.6) is 0 Å². The SMILES string of the molecule is CC(CC1CCC1)N[C@H](C)C(=O)N(C)C. The van der Waals surface area contributed by atoms with Crippen molar-refractivity contribution >= 4 is 5.91 Å². The monoisotopic (exact) mass is 212 g/mol. The van der Waals surface area contributed by atoms with Crippen LogP contribution in [0.2, 0.25) is 0 Å². The molecule has 0 radical (unpaired) electrons. The lowest BCUT2D eigenvalue weighted by molar-refractivity contribution is -0.130. The Morgan fingerprint density at radius 2 is 2.00 bits per heavy atom. The van der Waals surface area contributed by atoms with Crippen LogP contribution >= 0.6 is 0 Å². The summed E-state index contributed by atoms with van der Waals surface area (Å²) in [6.07, 6.45) is 5.36. The van der Waals surface area contributed by atoms with Crippen LogP contribution < -0.4 is 5.32 Å². The van der Waals surface area contributed by atoms with E-state index in [9.17, 15) is 4.79 Å². The molecule has 0 heterocycles. The Kier molecular flexibility index (Phi) is 4.58. The highest BCUT2D eigenvalue weighted by Crippen LogP contribution is 2.30. The lowest BCUT2D eigenvalue weighted by atomic mass is 9.81. The Morgan fingerprint density at radius 1 is 1.40 bits per heavy atom. The topological polar surface area (TPSA) is 32.3 Å². The molecule has 3 heteroatoms. The van der Waals surface area contributed by atoms with Crippen LogP contribution in [0.25, 0.3) is 0 Å². The molecule has 0 saturated heterocycles. The van der Waals surface area contributed by atoms with Gasteiger partial charge in [-0.05, 0) is 26.2 Å². The van der Waals surface area contributed by atoms with E-state index >= 15 is 0 Å². The number of hydrogen-bond acceptors (Lipinski definition) is 2.